The fraction of sp³-hybridized carbons (Fsp3) is 0.333. The first-order chi connectivity index (χ1) is 17.4. The molecule has 4 heterocycles. The summed E-state index contributed by atoms with van der Waals surface area (Å²) in [5.41, 5.74) is 3.16. The van der Waals surface area contributed by atoms with E-state index in [9.17, 15) is 23.6 Å². The van der Waals surface area contributed by atoms with Crippen LogP contribution < -0.4 is 5.32 Å². The molecule has 2 saturated heterocycles. The van der Waals surface area contributed by atoms with Gasteiger partial charge in [0.05, 0.1) is 0 Å². The Labute approximate surface area is 206 Å². The molecule has 8 nitrogen and oxygen atoms in total. The average Bonchev–Trinajstić information content (AvgIpc) is 3.40. The smallest absolute Gasteiger partial charge is 0.273 e. The van der Waals surface area contributed by atoms with Crippen molar-refractivity contribution in [2.45, 2.75) is 44.2 Å². The number of benzene rings is 2. The van der Waals surface area contributed by atoms with Gasteiger partial charge in [0.1, 0.15) is 11.7 Å². The number of fused-ring (bicyclic) bond motifs is 2. The first kappa shape index (κ1) is 22.5. The summed E-state index contributed by atoms with van der Waals surface area (Å²) in [7, 11) is 0. The van der Waals surface area contributed by atoms with Gasteiger partial charge in [-0.3, -0.25) is 24.5 Å². The summed E-state index contributed by atoms with van der Waals surface area (Å²) in [4.78, 5) is 55.9. The van der Waals surface area contributed by atoms with Crippen LogP contribution in [0.15, 0.2) is 42.5 Å². The fourth-order valence-corrected chi connectivity index (χ4v) is 5.68. The van der Waals surface area contributed by atoms with Gasteiger partial charge in [-0.25, -0.2) is 4.39 Å². The third-order valence-electron chi connectivity index (χ3n) is 7.66. The number of carbonyl (C=O) groups is 4. The van der Waals surface area contributed by atoms with Crippen molar-refractivity contribution in [1.82, 2.24) is 20.1 Å². The molecule has 4 amide bonds. The number of halogens is 1. The molecular weight excluding hydrogens is 463 g/mol. The molecule has 0 spiro atoms. The molecule has 1 atom stereocenters. The highest BCUT2D eigenvalue weighted by molar-refractivity contribution is 6.05. The fourth-order valence-electron chi connectivity index (χ4n) is 5.68. The van der Waals surface area contributed by atoms with E-state index in [2.05, 4.69) is 10.3 Å². The van der Waals surface area contributed by atoms with Crippen LogP contribution in [0.1, 0.15) is 63.6 Å². The zero-order valence-electron chi connectivity index (χ0n) is 19.6. The lowest BCUT2D eigenvalue weighted by molar-refractivity contribution is -0.136. The van der Waals surface area contributed by atoms with Crippen LogP contribution in [0, 0.1) is 5.82 Å². The summed E-state index contributed by atoms with van der Waals surface area (Å²) in [6, 6.07) is 12.1. The predicted molar refractivity (Wildman–Crippen MR) is 129 cm³/mol. The molecule has 3 aromatic rings. The van der Waals surface area contributed by atoms with Crippen LogP contribution in [-0.2, 0) is 16.1 Å². The lowest BCUT2D eigenvalue weighted by atomic mass is 9.88. The largest absolute Gasteiger partial charge is 0.348 e. The number of para-hydroxylation sites is 1. The number of hydrogen-bond donors (Lipinski definition) is 2. The summed E-state index contributed by atoms with van der Waals surface area (Å²) in [6.07, 6.45) is 2.02. The zero-order valence-corrected chi connectivity index (χ0v) is 19.6. The molecule has 36 heavy (non-hydrogen) atoms. The average molecular weight is 489 g/mol. The number of carbonyl (C=O) groups excluding carboxylic acids is 4. The van der Waals surface area contributed by atoms with Crippen LogP contribution in [0.25, 0.3) is 10.9 Å². The minimum absolute atomic E-state index is 0.000709. The van der Waals surface area contributed by atoms with Crippen molar-refractivity contribution in [3.05, 3.63) is 70.7 Å². The summed E-state index contributed by atoms with van der Waals surface area (Å²) in [5, 5.41) is 2.73. The van der Waals surface area contributed by atoms with Crippen LogP contribution in [-0.4, -0.2) is 57.5 Å². The van der Waals surface area contributed by atoms with Gasteiger partial charge in [0.15, 0.2) is 5.82 Å². The van der Waals surface area contributed by atoms with E-state index in [-0.39, 0.29) is 35.8 Å². The monoisotopic (exact) mass is 488 g/mol. The number of imide groups is 1. The highest BCUT2D eigenvalue weighted by atomic mass is 19.1. The number of H-pyrrole nitrogens is 1. The van der Waals surface area contributed by atoms with Gasteiger partial charge in [0, 0.05) is 42.5 Å². The molecule has 2 N–H and O–H groups in total. The van der Waals surface area contributed by atoms with Gasteiger partial charge in [-0.2, -0.15) is 0 Å². The second-order valence-corrected chi connectivity index (χ2v) is 9.74. The summed E-state index contributed by atoms with van der Waals surface area (Å²) in [6.45, 7) is 1.36. The topological polar surface area (TPSA) is 103 Å². The summed E-state index contributed by atoms with van der Waals surface area (Å²) in [5.74, 6) is -1.54. The number of piperidine rings is 2. The second kappa shape index (κ2) is 8.58. The maximum Gasteiger partial charge on any atom is 0.273 e. The van der Waals surface area contributed by atoms with Crippen LogP contribution in [0.5, 0.6) is 0 Å². The molecule has 6 rings (SSSR count). The minimum Gasteiger partial charge on any atom is -0.348 e. The molecular formula is C27H25FN4O4. The molecule has 3 aliphatic rings. The van der Waals surface area contributed by atoms with Gasteiger partial charge in [-0.05, 0) is 54.5 Å². The zero-order chi connectivity index (χ0) is 25.0. The summed E-state index contributed by atoms with van der Waals surface area (Å²) >= 11 is 0. The summed E-state index contributed by atoms with van der Waals surface area (Å²) < 4.78 is 14.8. The molecule has 0 bridgehead atoms. The Morgan fingerprint density at radius 3 is 2.53 bits per heavy atom. The quantitative estimate of drug-likeness (QED) is 0.553. The van der Waals surface area contributed by atoms with Gasteiger partial charge in [0.2, 0.25) is 11.8 Å². The van der Waals surface area contributed by atoms with Crippen LogP contribution in [0.3, 0.4) is 0 Å². The van der Waals surface area contributed by atoms with E-state index >= 15 is 0 Å². The normalized spacial score (nSPS) is 20.7. The third-order valence-corrected chi connectivity index (χ3v) is 7.66. The van der Waals surface area contributed by atoms with Crippen LogP contribution in [0.2, 0.25) is 0 Å². The van der Waals surface area contributed by atoms with E-state index in [0.29, 0.717) is 42.5 Å². The van der Waals surface area contributed by atoms with E-state index in [1.54, 1.807) is 34.1 Å². The Morgan fingerprint density at radius 2 is 1.78 bits per heavy atom. The Morgan fingerprint density at radius 1 is 1.00 bits per heavy atom. The Kier molecular flexibility index (Phi) is 5.35. The molecule has 3 aliphatic heterocycles. The number of aromatic nitrogens is 1. The van der Waals surface area contributed by atoms with E-state index in [4.69, 9.17) is 0 Å². The van der Waals surface area contributed by atoms with Crippen molar-refractivity contribution in [1.29, 1.82) is 0 Å². The number of nitrogens with one attached hydrogen (secondary N) is 2. The van der Waals surface area contributed by atoms with E-state index in [1.807, 2.05) is 18.2 Å². The Balaban J connectivity index is 1.13. The first-order valence-electron chi connectivity index (χ1n) is 12.2. The van der Waals surface area contributed by atoms with Gasteiger partial charge in [-0.1, -0.05) is 24.3 Å². The molecule has 184 valence electrons. The van der Waals surface area contributed by atoms with Gasteiger partial charge >= 0.3 is 0 Å². The van der Waals surface area contributed by atoms with E-state index in [0.717, 1.165) is 24.0 Å². The number of likely N-dealkylation sites (tertiary alicyclic amines) is 1. The van der Waals surface area contributed by atoms with Crippen molar-refractivity contribution in [2.75, 3.05) is 13.1 Å². The molecule has 0 aliphatic carbocycles. The van der Waals surface area contributed by atoms with Gasteiger partial charge < -0.3 is 14.8 Å². The standard InChI is InChI=1S/C27H25FN4O4/c28-23-19-3-1-2-4-20(19)29-24(23)27(36)31-11-9-15(10-12-31)16-5-6-18-17(13-16)14-32(26(18)35)21-7-8-22(33)30-25(21)34/h1-6,13,15,21,29H,7-12,14H2,(H,30,33,34). The number of nitrogens with zero attached hydrogens (tertiary/aromatic N) is 2. The second-order valence-electron chi connectivity index (χ2n) is 9.74. The van der Waals surface area contributed by atoms with Crippen molar-refractivity contribution in [2.24, 2.45) is 0 Å². The predicted octanol–water partition coefficient (Wildman–Crippen LogP) is 3.09. The van der Waals surface area contributed by atoms with Gasteiger partial charge in [0.25, 0.3) is 11.8 Å². The molecule has 1 aromatic heterocycles. The van der Waals surface area contributed by atoms with Crippen LogP contribution >= 0.6 is 0 Å². The van der Waals surface area contributed by atoms with Crippen molar-refractivity contribution < 1.29 is 23.6 Å². The van der Waals surface area contributed by atoms with Gasteiger partial charge in [-0.15, -0.1) is 0 Å². The SMILES string of the molecule is O=C1CCC(N2Cc3cc(C4CCN(C(=O)c5[nH]c6ccccc6c5F)CC4)ccc3C2=O)C(=O)N1. The Hall–Kier alpha value is -4.01. The van der Waals surface area contributed by atoms with E-state index < -0.39 is 17.8 Å². The first-order valence-corrected chi connectivity index (χ1v) is 12.2. The minimum atomic E-state index is -0.634. The number of amides is 4. The highest BCUT2D eigenvalue weighted by Gasteiger charge is 2.39. The maximum atomic E-state index is 14.8. The van der Waals surface area contributed by atoms with Crippen molar-refractivity contribution in [3.63, 3.8) is 0 Å². The number of hydrogen-bond acceptors (Lipinski definition) is 4. The van der Waals surface area contributed by atoms with E-state index in [1.165, 1.54) is 0 Å². The lowest BCUT2D eigenvalue weighted by Gasteiger charge is -2.32. The van der Waals surface area contributed by atoms with Crippen molar-refractivity contribution >= 4 is 34.5 Å². The third kappa shape index (κ3) is 3.66. The molecule has 2 aromatic carbocycles. The molecule has 2 fully saturated rings. The molecule has 9 heteroatoms. The number of rotatable bonds is 3. The van der Waals surface area contributed by atoms with Crippen LogP contribution in [0.4, 0.5) is 4.39 Å². The molecule has 1 unspecified atom stereocenters. The number of aromatic amines is 1. The highest BCUT2D eigenvalue weighted by Crippen LogP contribution is 2.34. The molecule has 0 radical (unpaired) electrons. The van der Waals surface area contributed by atoms with Crippen molar-refractivity contribution in [3.8, 4) is 0 Å². The Bertz CT molecular complexity index is 1420. The molecule has 0 saturated carbocycles. The maximum absolute atomic E-state index is 14.8. The lowest BCUT2D eigenvalue weighted by Crippen LogP contribution is -2.52.